The number of allylic oxidation sites excluding steroid dienone is 2. The lowest BCUT2D eigenvalue weighted by atomic mass is 9.76. The first-order valence-corrected chi connectivity index (χ1v) is 14.8. The third-order valence-corrected chi connectivity index (χ3v) is 8.41. The molecule has 0 fully saturated rings. The van der Waals surface area contributed by atoms with Crippen molar-refractivity contribution >= 4 is 17.1 Å². The monoisotopic (exact) mass is 549 g/mol. The zero-order valence-corrected chi connectivity index (χ0v) is 25.3. The van der Waals surface area contributed by atoms with Crippen LogP contribution in [0.15, 0.2) is 77.5 Å². The van der Waals surface area contributed by atoms with Crippen molar-refractivity contribution in [1.82, 2.24) is 5.32 Å². The van der Waals surface area contributed by atoms with Gasteiger partial charge in [0.2, 0.25) is 5.36 Å². The lowest BCUT2D eigenvalue weighted by Crippen LogP contribution is -2.89. The standard InChI is InChI=1S/C36H40N2O3/c1-8-9-14-40-34(39)24-13-11-10-12-23(24)33-27-15-25-21(2)19-35(4,5)37-29(25)17-31(27)41-32-18-30-26(16-28(32)33)22(3)20-36(6,7)38-30/h10-13,15-20,27,31,37H,8-9,14H2,1-7H3/p+1. The molecule has 2 aromatic carbocycles. The molecule has 5 heteroatoms. The summed E-state index contributed by atoms with van der Waals surface area (Å²) in [6.07, 6.45) is 10.7. The SMILES string of the molecule is CCCCOC(=O)c1ccccc1C1=c2cc3c(cc2OC2C=C4NC(C)(C)C=C(C)C4=CC12)=[NH+]C(C)(C)C=C3C. The number of hydrogen-bond donors (Lipinski definition) is 2. The van der Waals surface area contributed by atoms with E-state index in [4.69, 9.17) is 9.47 Å². The number of rotatable bonds is 5. The molecule has 212 valence electrons. The molecule has 0 aromatic heterocycles. The van der Waals surface area contributed by atoms with E-state index in [0.717, 1.165) is 51.6 Å². The topological polar surface area (TPSA) is 61.5 Å². The Hall–Kier alpha value is -3.86. The first kappa shape index (κ1) is 27.3. The highest BCUT2D eigenvalue weighted by Crippen LogP contribution is 2.41. The van der Waals surface area contributed by atoms with Crippen LogP contribution in [0.2, 0.25) is 0 Å². The Bertz CT molecular complexity index is 1700. The molecule has 3 heterocycles. The zero-order chi connectivity index (χ0) is 29.1. The molecule has 2 N–H and O–H groups in total. The normalized spacial score (nSPS) is 23.0. The van der Waals surface area contributed by atoms with Gasteiger partial charge in [0.1, 0.15) is 11.9 Å². The predicted molar refractivity (Wildman–Crippen MR) is 163 cm³/mol. The average molecular weight is 550 g/mol. The third-order valence-electron chi connectivity index (χ3n) is 8.41. The smallest absolute Gasteiger partial charge is 0.338 e. The van der Waals surface area contributed by atoms with Crippen LogP contribution < -0.4 is 25.6 Å². The van der Waals surface area contributed by atoms with Gasteiger partial charge in [-0.2, -0.15) is 0 Å². The fourth-order valence-corrected chi connectivity index (χ4v) is 6.79. The van der Waals surface area contributed by atoms with Gasteiger partial charge in [0.15, 0.2) is 5.54 Å². The summed E-state index contributed by atoms with van der Waals surface area (Å²) in [7, 11) is 0. The minimum atomic E-state index is -0.277. The Morgan fingerprint density at radius 3 is 2.59 bits per heavy atom. The largest absolute Gasteiger partial charge is 0.484 e. The van der Waals surface area contributed by atoms with Gasteiger partial charge in [-0.3, -0.25) is 0 Å². The van der Waals surface area contributed by atoms with E-state index in [1.165, 1.54) is 16.7 Å². The van der Waals surface area contributed by atoms with Crippen LogP contribution in [0.25, 0.3) is 11.1 Å². The fraction of sp³-hybridized carbons (Fsp3) is 0.389. The van der Waals surface area contributed by atoms with Gasteiger partial charge in [0, 0.05) is 36.2 Å². The molecule has 0 spiro atoms. The Morgan fingerprint density at radius 1 is 1.02 bits per heavy atom. The molecule has 2 aromatic rings. The van der Waals surface area contributed by atoms with Crippen molar-refractivity contribution in [2.75, 3.05) is 6.61 Å². The summed E-state index contributed by atoms with van der Waals surface area (Å²) < 4.78 is 12.5. The second-order valence-electron chi connectivity index (χ2n) is 13.0. The third kappa shape index (κ3) is 4.96. The average Bonchev–Trinajstić information content (AvgIpc) is 2.89. The van der Waals surface area contributed by atoms with E-state index in [-0.39, 0.29) is 29.1 Å². The Morgan fingerprint density at radius 2 is 1.80 bits per heavy atom. The molecule has 41 heavy (non-hydrogen) atoms. The number of carbonyl (C=O) groups excluding carboxylic acids is 1. The van der Waals surface area contributed by atoms with E-state index in [2.05, 4.69) is 101 Å². The zero-order valence-electron chi connectivity index (χ0n) is 25.3. The first-order valence-electron chi connectivity index (χ1n) is 14.8. The predicted octanol–water partition coefficient (Wildman–Crippen LogP) is 4.27. The van der Waals surface area contributed by atoms with Gasteiger partial charge in [-0.05, 0) is 86.3 Å². The summed E-state index contributed by atoms with van der Waals surface area (Å²) in [5.41, 5.74) is 8.20. The maximum atomic E-state index is 13.4. The van der Waals surface area contributed by atoms with Crippen molar-refractivity contribution < 1.29 is 19.3 Å². The van der Waals surface area contributed by atoms with Gasteiger partial charge in [0.25, 0.3) is 0 Å². The molecule has 2 atom stereocenters. The van der Waals surface area contributed by atoms with E-state index in [9.17, 15) is 4.79 Å². The van der Waals surface area contributed by atoms with Crippen LogP contribution in [-0.2, 0) is 4.74 Å². The molecular weight excluding hydrogens is 508 g/mol. The Kier molecular flexibility index (Phi) is 6.60. The molecule has 1 aliphatic carbocycles. The van der Waals surface area contributed by atoms with Crippen molar-refractivity contribution in [2.45, 2.75) is 78.5 Å². The van der Waals surface area contributed by atoms with Crippen LogP contribution in [-0.4, -0.2) is 29.8 Å². The van der Waals surface area contributed by atoms with E-state index in [1.807, 2.05) is 18.2 Å². The highest BCUT2D eigenvalue weighted by molar-refractivity contribution is 5.96. The number of carbonyl (C=O) groups is 1. The second-order valence-corrected chi connectivity index (χ2v) is 13.0. The summed E-state index contributed by atoms with van der Waals surface area (Å²) in [4.78, 5) is 17.1. The lowest BCUT2D eigenvalue weighted by Gasteiger charge is -2.40. The number of benzene rings is 2. The second kappa shape index (κ2) is 9.90. The minimum Gasteiger partial charge on any atom is -0.484 e. The van der Waals surface area contributed by atoms with Gasteiger partial charge in [-0.25, -0.2) is 9.79 Å². The lowest BCUT2D eigenvalue weighted by molar-refractivity contribution is -0.568. The molecule has 2 unspecified atom stereocenters. The quantitative estimate of drug-likeness (QED) is 0.432. The molecule has 6 rings (SSSR count). The van der Waals surface area contributed by atoms with Gasteiger partial charge in [0.05, 0.1) is 23.8 Å². The fourth-order valence-electron chi connectivity index (χ4n) is 6.79. The minimum absolute atomic E-state index is 0.0764. The maximum absolute atomic E-state index is 13.4. The molecule has 4 aliphatic rings. The van der Waals surface area contributed by atoms with E-state index in [0.29, 0.717) is 12.2 Å². The van der Waals surface area contributed by atoms with E-state index < -0.39 is 0 Å². The van der Waals surface area contributed by atoms with Crippen LogP contribution in [0.3, 0.4) is 0 Å². The Labute approximate surface area is 243 Å². The summed E-state index contributed by atoms with van der Waals surface area (Å²) in [5, 5.41) is 5.78. The summed E-state index contributed by atoms with van der Waals surface area (Å²) in [6, 6.07) is 12.3. The number of unbranched alkanes of at least 4 members (excludes halogenated alkanes) is 1. The van der Waals surface area contributed by atoms with Crippen LogP contribution in [0.4, 0.5) is 0 Å². The molecule has 3 aliphatic heterocycles. The van der Waals surface area contributed by atoms with Crippen molar-refractivity contribution in [1.29, 1.82) is 0 Å². The highest BCUT2D eigenvalue weighted by Gasteiger charge is 2.39. The molecule has 0 saturated carbocycles. The van der Waals surface area contributed by atoms with Gasteiger partial charge in [-0.1, -0.05) is 43.7 Å². The maximum Gasteiger partial charge on any atom is 0.338 e. The molecule has 5 nitrogen and oxygen atoms in total. The number of nitrogens with one attached hydrogen (secondary N) is 2. The molecule has 0 saturated heterocycles. The van der Waals surface area contributed by atoms with Crippen molar-refractivity contribution in [3.8, 4) is 5.75 Å². The van der Waals surface area contributed by atoms with E-state index >= 15 is 0 Å². The van der Waals surface area contributed by atoms with Gasteiger partial charge in [-0.15, -0.1) is 0 Å². The molecule has 0 amide bonds. The van der Waals surface area contributed by atoms with Crippen molar-refractivity contribution in [3.63, 3.8) is 0 Å². The first-order chi connectivity index (χ1) is 19.5. The summed E-state index contributed by atoms with van der Waals surface area (Å²) in [5.74, 6) is 0.469. The van der Waals surface area contributed by atoms with Crippen LogP contribution in [0.5, 0.6) is 5.75 Å². The summed E-state index contributed by atoms with van der Waals surface area (Å²) >= 11 is 0. The number of ether oxygens (including phenoxy) is 2. The highest BCUT2D eigenvalue weighted by atomic mass is 16.5. The van der Waals surface area contributed by atoms with Crippen LogP contribution in [0, 0.1) is 5.92 Å². The molecule has 0 radical (unpaired) electrons. The summed E-state index contributed by atoms with van der Waals surface area (Å²) in [6.45, 7) is 15.6. The van der Waals surface area contributed by atoms with Crippen LogP contribution in [0.1, 0.15) is 82.8 Å². The van der Waals surface area contributed by atoms with Crippen molar-refractivity contribution in [3.05, 3.63) is 105 Å². The van der Waals surface area contributed by atoms with Crippen molar-refractivity contribution in [2.24, 2.45) is 5.92 Å². The molecule has 0 bridgehead atoms. The molecular formula is C36H41N2O3+. The van der Waals surface area contributed by atoms with Gasteiger partial charge < -0.3 is 14.8 Å². The van der Waals surface area contributed by atoms with Gasteiger partial charge >= 0.3 is 5.97 Å². The number of hydrogen-bond acceptors (Lipinski definition) is 4. The number of esters is 1. The van der Waals surface area contributed by atoms with Crippen LogP contribution >= 0.6 is 0 Å². The number of fused-ring (bicyclic) bond motifs is 4. The van der Waals surface area contributed by atoms with E-state index in [1.54, 1.807) is 0 Å². The Balaban J connectivity index is 1.61.